The Labute approximate surface area is 105 Å². The number of nitrogens with zero attached hydrogens (tertiary/aromatic N) is 1. The van der Waals surface area contributed by atoms with Crippen LogP contribution in [0.3, 0.4) is 0 Å². The van der Waals surface area contributed by atoms with E-state index in [0.717, 1.165) is 0 Å². The Kier molecular flexibility index (Phi) is 3.10. The van der Waals surface area contributed by atoms with Crippen LogP contribution in [0.4, 0.5) is 0 Å². The van der Waals surface area contributed by atoms with Crippen molar-refractivity contribution in [2.45, 2.75) is 12.0 Å². The third-order valence-electron chi connectivity index (χ3n) is 2.75. The number of halogens is 1. The number of aliphatic hydroxyl groups is 1. The lowest BCUT2D eigenvalue weighted by Crippen LogP contribution is -2.37. The summed E-state index contributed by atoms with van der Waals surface area (Å²) in [5.41, 5.74) is -0.856. The zero-order valence-electron chi connectivity index (χ0n) is 9.40. The molecule has 1 aliphatic heterocycles. The Balaban J connectivity index is 2.25. The highest BCUT2D eigenvalue weighted by atomic mass is 35.5. The molecule has 0 aromatic heterocycles. The first kappa shape index (κ1) is 12.0. The minimum absolute atomic E-state index is 0.341. The number of hydrogen-bond acceptors (Lipinski definition) is 2. The van der Waals surface area contributed by atoms with E-state index in [1.54, 1.807) is 31.3 Å². The molecule has 1 aliphatic rings. The molecule has 1 saturated heterocycles. The van der Waals surface area contributed by atoms with E-state index < -0.39 is 5.60 Å². The summed E-state index contributed by atoms with van der Waals surface area (Å²) < 4.78 is 0. The van der Waals surface area contributed by atoms with E-state index in [1.807, 2.05) is 0 Å². The smallest absolute Gasteiger partial charge is 0.267 e. The lowest BCUT2D eigenvalue weighted by molar-refractivity contribution is -0.137. The van der Waals surface area contributed by atoms with Crippen LogP contribution in [0, 0.1) is 11.8 Å². The second kappa shape index (κ2) is 4.40. The molecule has 2 rings (SSSR count). The molecule has 1 N–H and O–H groups in total. The lowest BCUT2D eigenvalue weighted by Gasteiger charge is -2.13. The van der Waals surface area contributed by atoms with Crippen molar-refractivity contribution >= 4 is 17.5 Å². The summed E-state index contributed by atoms with van der Waals surface area (Å²) in [6, 6.07) is 7.00. The minimum atomic E-state index is -1.54. The molecule has 0 spiro atoms. The van der Waals surface area contributed by atoms with Gasteiger partial charge in [0.25, 0.3) is 5.91 Å². The van der Waals surface area contributed by atoms with Gasteiger partial charge < -0.3 is 10.0 Å². The standard InChI is InChI=1S/C13H12ClNO2/c1-15-8-7-13(17,12(15)16)6-5-10-3-2-4-11(14)9-10/h2-4,9,17H,7-8H2,1H3/t13-/m0/s1. The fraction of sp³-hybridized carbons (Fsp3) is 0.308. The first-order valence-electron chi connectivity index (χ1n) is 5.28. The van der Waals surface area contributed by atoms with Crippen molar-refractivity contribution in [3.63, 3.8) is 0 Å². The molecule has 0 saturated carbocycles. The van der Waals surface area contributed by atoms with Crippen molar-refractivity contribution in [3.8, 4) is 11.8 Å². The minimum Gasteiger partial charge on any atom is -0.369 e. The Morgan fingerprint density at radius 1 is 1.53 bits per heavy atom. The average Bonchev–Trinajstić information content (AvgIpc) is 2.56. The molecule has 88 valence electrons. The van der Waals surface area contributed by atoms with Crippen molar-refractivity contribution in [1.29, 1.82) is 0 Å². The highest BCUT2D eigenvalue weighted by molar-refractivity contribution is 6.30. The molecule has 0 unspecified atom stereocenters. The highest BCUT2D eigenvalue weighted by Crippen LogP contribution is 2.21. The second-order valence-corrected chi connectivity index (χ2v) is 4.53. The molecule has 0 radical (unpaired) electrons. The van der Waals surface area contributed by atoms with Gasteiger partial charge in [-0.2, -0.15) is 0 Å². The summed E-state index contributed by atoms with van der Waals surface area (Å²) in [7, 11) is 1.65. The summed E-state index contributed by atoms with van der Waals surface area (Å²) in [6.07, 6.45) is 0.343. The molecule has 1 amide bonds. The van der Waals surface area contributed by atoms with Crippen LogP contribution in [-0.2, 0) is 4.79 Å². The zero-order valence-corrected chi connectivity index (χ0v) is 10.2. The van der Waals surface area contributed by atoms with Crippen LogP contribution in [0.25, 0.3) is 0 Å². The van der Waals surface area contributed by atoms with Gasteiger partial charge in [0.1, 0.15) is 0 Å². The largest absolute Gasteiger partial charge is 0.369 e. The van der Waals surface area contributed by atoms with E-state index in [0.29, 0.717) is 23.6 Å². The monoisotopic (exact) mass is 249 g/mol. The maximum Gasteiger partial charge on any atom is 0.267 e. The maximum absolute atomic E-state index is 11.7. The predicted molar refractivity (Wildman–Crippen MR) is 65.5 cm³/mol. The topological polar surface area (TPSA) is 40.5 Å². The highest BCUT2D eigenvalue weighted by Gasteiger charge is 2.42. The molecule has 17 heavy (non-hydrogen) atoms. The van der Waals surface area contributed by atoms with Gasteiger partial charge >= 0.3 is 0 Å². The Morgan fingerprint density at radius 3 is 2.88 bits per heavy atom. The van der Waals surface area contributed by atoms with Crippen molar-refractivity contribution in [2.24, 2.45) is 0 Å². The van der Waals surface area contributed by atoms with Crippen molar-refractivity contribution in [2.75, 3.05) is 13.6 Å². The van der Waals surface area contributed by atoms with Crippen LogP contribution in [0.5, 0.6) is 0 Å². The summed E-state index contributed by atoms with van der Waals surface area (Å²) in [6.45, 7) is 0.527. The van der Waals surface area contributed by atoms with E-state index in [4.69, 9.17) is 11.6 Å². The SMILES string of the molecule is CN1CC[C@@](O)(C#Cc2cccc(Cl)c2)C1=O. The van der Waals surface area contributed by atoms with Crippen LogP contribution < -0.4 is 0 Å². The van der Waals surface area contributed by atoms with Crippen LogP contribution in [-0.4, -0.2) is 35.1 Å². The van der Waals surface area contributed by atoms with Crippen molar-refractivity contribution in [1.82, 2.24) is 4.90 Å². The molecule has 3 nitrogen and oxygen atoms in total. The molecule has 0 aliphatic carbocycles. The van der Waals surface area contributed by atoms with E-state index in [1.165, 1.54) is 4.90 Å². The average molecular weight is 250 g/mol. The van der Waals surface area contributed by atoms with Crippen LogP contribution in [0.2, 0.25) is 5.02 Å². The molecule has 1 heterocycles. The Hall–Kier alpha value is -1.50. The molecule has 4 heteroatoms. The van der Waals surface area contributed by atoms with E-state index >= 15 is 0 Å². The van der Waals surface area contributed by atoms with Gasteiger partial charge in [-0.25, -0.2) is 0 Å². The molecular formula is C13H12ClNO2. The number of carbonyl (C=O) groups excluding carboxylic acids is 1. The molecule has 1 aromatic rings. The summed E-state index contributed by atoms with van der Waals surface area (Å²) in [5, 5.41) is 10.6. The Bertz CT molecular complexity index is 518. The lowest BCUT2D eigenvalue weighted by atomic mass is 10.0. The summed E-state index contributed by atoms with van der Waals surface area (Å²) in [4.78, 5) is 13.1. The van der Waals surface area contributed by atoms with Gasteiger partial charge in [0, 0.05) is 30.6 Å². The van der Waals surface area contributed by atoms with Gasteiger partial charge in [0.15, 0.2) is 0 Å². The second-order valence-electron chi connectivity index (χ2n) is 4.10. The first-order chi connectivity index (χ1) is 8.01. The third-order valence-corrected chi connectivity index (χ3v) is 2.98. The van der Waals surface area contributed by atoms with Gasteiger partial charge in [-0.3, -0.25) is 4.79 Å². The summed E-state index contributed by atoms with van der Waals surface area (Å²) in [5.74, 6) is 5.08. The normalized spacial score (nSPS) is 23.5. The molecule has 1 aromatic carbocycles. The van der Waals surface area contributed by atoms with Gasteiger partial charge in [-0.05, 0) is 18.2 Å². The quantitative estimate of drug-likeness (QED) is 0.704. The van der Waals surface area contributed by atoms with Gasteiger partial charge in [-0.1, -0.05) is 29.5 Å². The maximum atomic E-state index is 11.7. The molecule has 1 fully saturated rings. The number of amides is 1. The molecule has 1 atom stereocenters. The van der Waals surface area contributed by atoms with E-state index in [2.05, 4.69) is 11.8 Å². The third kappa shape index (κ3) is 2.44. The van der Waals surface area contributed by atoms with Crippen LogP contribution in [0.1, 0.15) is 12.0 Å². The van der Waals surface area contributed by atoms with Crippen LogP contribution >= 0.6 is 11.6 Å². The number of likely N-dealkylation sites (tertiary alicyclic amines) is 1. The van der Waals surface area contributed by atoms with E-state index in [9.17, 15) is 9.90 Å². The number of benzene rings is 1. The summed E-state index contributed by atoms with van der Waals surface area (Å²) >= 11 is 5.82. The molecular weight excluding hydrogens is 238 g/mol. The van der Waals surface area contributed by atoms with E-state index in [-0.39, 0.29) is 5.91 Å². The number of likely N-dealkylation sites (N-methyl/N-ethyl adjacent to an activating group) is 1. The number of rotatable bonds is 0. The number of carbonyl (C=O) groups is 1. The predicted octanol–water partition coefficient (Wildman–Crippen LogP) is 1.28. The van der Waals surface area contributed by atoms with Gasteiger partial charge in [0.05, 0.1) is 0 Å². The van der Waals surface area contributed by atoms with Crippen molar-refractivity contribution in [3.05, 3.63) is 34.9 Å². The van der Waals surface area contributed by atoms with Gasteiger partial charge in [0.2, 0.25) is 5.60 Å². The first-order valence-corrected chi connectivity index (χ1v) is 5.66. The fourth-order valence-corrected chi connectivity index (χ4v) is 1.90. The van der Waals surface area contributed by atoms with Crippen LogP contribution in [0.15, 0.2) is 24.3 Å². The van der Waals surface area contributed by atoms with Gasteiger partial charge in [-0.15, -0.1) is 0 Å². The molecule has 0 bridgehead atoms. The van der Waals surface area contributed by atoms with Crippen molar-refractivity contribution < 1.29 is 9.90 Å². The fourth-order valence-electron chi connectivity index (χ4n) is 1.71. The Morgan fingerprint density at radius 2 is 2.29 bits per heavy atom. The number of hydrogen-bond donors (Lipinski definition) is 1. The zero-order chi connectivity index (χ0) is 12.5.